The number of para-hydroxylation sites is 2. The van der Waals surface area contributed by atoms with Crippen LogP contribution in [-0.2, 0) is 23.3 Å². The third kappa shape index (κ3) is 7.88. The summed E-state index contributed by atoms with van der Waals surface area (Å²) in [6, 6.07) is 25.7. The normalized spacial score (nSPS) is 18.2. The molecule has 1 unspecified atom stereocenters. The number of methoxy groups -OCH3 is 3. The van der Waals surface area contributed by atoms with Crippen LogP contribution in [0.2, 0.25) is 0 Å². The fraction of sp³-hybridized carbons (Fsp3) is 0.419. The molecule has 284 valence electrons. The van der Waals surface area contributed by atoms with Gasteiger partial charge in [0.15, 0.2) is 17.3 Å². The van der Waals surface area contributed by atoms with Crippen molar-refractivity contribution in [2.45, 2.75) is 50.7 Å². The lowest BCUT2D eigenvalue weighted by molar-refractivity contribution is 0.0600. The van der Waals surface area contributed by atoms with E-state index >= 15 is 0 Å². The highest BCUT2D eigenvalue weighted by atomic mass is 16.5. The van der Waals surface area contributed by atoms with Crippen LogP contribution in [-0.4, -0.2) is 91.7 Å². The van der Waals surface area contributed by atoms with Crippen molar-refractivity contribution in [3.8, 4) is 17.2 Å². The number of hydrogen-bond acceptors (Lipinski definition) is 9. The second kappa shape index (κ2) is 16.9. The number of rotatable bonds is 15. The molecule has 4 heterocycles. The molecule has 7 rings (SSSR count). The summed E-state index contributed by atoms with van der Waals surface area (Å²) in [7, 11) is 4.68. The van der Waals surface area contributed by atoms with Gasteiger partial charge in [0.2, 0.25) is 11.5 Å². The van der Waals surface area contributed by atoms with Gasteiger partial charge in [0.1, 0.15) is 12.4 Å². The number of furan rings is 1. The van der Waals surface area contributed by atoms with E-state index in [0.29, 0.717) is 61.5 Å². The van der Waals surface area contributed by atoms with Gasteiger partial charge in [-0.25, -0.2) is 4.98 Å². The van der Waals surface area contributed by atoms with Gasteiger partial charge >= 0.3 is 0 Å². The molecule has 5 aromatic rings. The molecule has 2 fully saturated rings. The molecule has 11 nitrogen and oxygen atoms in total. The van der Waals surface area contributed by atoms with Gasteiger partial charge in [0, 0.05) is 36.5 Å². The Morgan fingerprint density at radius 2 is 1.61 bits per heavy atom. The SMILES string of the molecule is COc1cc(C(=O)N2CCCC(CCN3CCC(C(=O)c4nc5ccccc5n4CCOCc4ccco4)CC3)(c3ccccc3)C2)cc(OC)c1OC. The van der Waals surface area contributed by atoms with Crippen LogP contribution in [0.1, 0.15) is 64.4 Å². The first-order valence-corrected chi connectivity index (χ1v) is 18.9. The van der Waals surface area contributed by atoms with Crippen molar-refractivity contribution in [3.63, 3.8) is 0 Å². The van der Waals surface area contributed by atoms with E-state index < -0.39 is 0 Å². The van der Waals surface area contributed by atoms with E-state index in [-0.39, 0.29) is 23.0 Å². The monoisotopic (exact) mass is 734 g/mol. The van der Waals surface area contributed by atoms with Crippen molar-refractivity contribution in [2.24, 2.45) is 5.92 Å². The van der Waals surface area contributed by atoms with E-state index in [1.807, 2.05) is 51.9 Å². The summed E-state index contributed by atoms with van der Waals surface area (Å²) < 4.78 is 29.9. The Morgan fingerprint density at radius 3 is 2.31 bits per heavy atom. The first-order chi connectivity index (χ1) is 26.4. The number of likely N-dealkylation sites (tertiary alicyclic amines) is 2. The van der Waals surface area contributed by atoms with Crippen LogP contribution in [0.4, 0.5) is 0 Å². The highest BCUT2D eigenvalue weighted by Crippen LogP contribution is 2.41. The molecule has 54 heavy (non-hydrogen) atoms. The van der Waals surface area contributed by atoms with Gasteiger partial charge in [-0.2, -0.15) is 0 Å². The van der Waals surface area contributed by atoms with Crippen molar-refractivity contribution in [2.75, 3.05) is 60.7 Å². The molecule has 0 aliphatic carbocycles. The minimum absolute atomic E-state index is 0.0521. The van der Waals surface area contributed by atoms with Crippen molar-refractivity contribution >= 4 is 22.7 Å². The summed E-state index contributed by atoms with van der Waals surface area (Å²) in [5.74, 6) is 2.62. The summed E-state index contributed by atoms with van der Waals surface area (Å²) >= 11 is 0. The summed E-state index contributed by atoms with van der Waals surface area (Å²) in [4.78, 5) is 37.5. The third-order valence-electron chi connectivity index (χ3n) is 11.2. The van der Waals surface area contributed by atoms with Crippen LogP contribution >= 0.6 is 0 Å². The number of hydrogen-bond donors (Lipinski definition) is 0. The van der Waals surface area contributed by atoms with E-state index in [2.05, 4.69) is 29.2 Å². The quantitative estimate of drug-likeness (QED) is 0.0828. The fourth-order valence-electron chi connectivity index (χ4n) is 8.25. The zero-order valence-corrected chi connectivity index (χ0v) is 31.5. The smallest absolute Gasteiger partial charge is 0.254 e. The van der Waals surface area contributed by atoms with Gasteiger partial charge in [0.25, 0.3) is 5.91 Å². The summed E-state index contributed by atoms with van der Waals surface area (Å²) in [6.45, 7) is 5.20. The topological polar surface area (TPSA) is 109 Å². The maximum absolute atomic E-state index is 14.1. The number of fused-ring (bicyclic) bond motifs is 1. The van der Waals surface area contributed by atoms with Crippen molar-refractivity contribution in [3.05, 3.63) is 108 Å². The minimum Gasteiger partial charge on any atom is -0.493 e. The van der Waals surface area contributed by atoms with E-state index in [1.165, 1.54) is 5.56 Å². The van der Waals surface area contributed by atoms with Crippen molar-refractivity contribution in [1.82, 2.24) is 19.4 Å². The highest BCUT2D eigenvalue weighted by molar-refractivity contribution is 5.98. The molecule has 2 aliphatic heterocycles. The molecular weight excluding hydrogens is 684 g/mol. The number of imidazole rings is 1. The number of ether oxygens (including phenoxy) is 4. The number of Topliss-reactive ketones (excluding diaryl/α,β-unsaturated/α-hetero) is 1. The van der Waals surface area contributed by atoms with Gasteiger partial charge in [0.05, 0.1) is 45.2 Å². The fourth-order valence-corrected chi connectivity index (χ4v) is 8.25. The largest absolute Gasteiger partial charge is 0.493 e. The summed E-state index contributed by atoms with van der Waals surface area (Å²) in [6.07, 6.45) is 5.99. The first kappa shape index (κ1) is 37.2. The predicted molar refractivity (Wildman–Crippen MR) is 206 cm³/mol. The zero-order chi connectivity index (χ0) is 37.5. The van der Waals surface area contributed by atoms with Gasteiger partial charge in [-0.3, -0.25) is 9.59 Å². The number of carbonyl (C=O) groups is 2. The van der Waals surface area contributed by atoms with E-state index in [9.17, 15) is 9.59 Å². The molecular formula is C43H50N4O7. The van der Waals surface area contributed by atoms with E-state index in [1.54, 1.807) is 39.7 Å². The lowest BCUT2D eigenvalue weighted by atomic mass is 9.71. The summed E-state index contributed by atoms with van der Waals surface area (Å²) in [5, 5.41) is 0. The molecule has 0 radical (unpaired) electrons. The first-order valence-electron chi connectivity index (χ1n) is 18.9. The van der Waals surface area contributed by atoms with Crippen LogP contribution in [0, 0.1) is 5.92 Å². The van der Waals surface area contributed by atoms with Crippen molar-refractivity contribution < 1.29 is 33.0 Å². The molecule has 2 aromatic heterocycles. The number of nitrogens with zero attached hydrogens (tertiary/aromatic N) is 4. The molecule has 1 atom stereocenters. The van der Waals surface area contributed by atoms with Crippen LogP contribution in [0.25, 0.3) is 11.0 Å². The molecule has 0 spiro atoms. The van der Waals surface area contributed by atoms with E-state index in [4.69, 9.17) is 28.3 Å². The van der Waals surface area contributed by atoms with Gasteiger partial charge < -0.3 is 37.7 Å². The van der Waals surface area contributed by atoms with E-state index in [0.717, 1.165) is 68.5 Å². The maximum Gasteiger partial charge on any atom is 0.254 e. The molecule has 1 amide bonds. The van der Waals surface area contributed by atoms with Crippen LogP contribution in [0.5, 0.6) is 17.2 Å². The molecule has 2 aliphatic rings. The Kier molecular flexibility index (Phi) is 11.6. The van der Waals surface area contributed by atoms with Gasteiger partial charge in [-0.05, 0) is 93.7 Å². The molecule has 3 aromatic carbocycles. The summed E-state index contributed by atoms with van der Waals surface area (Å²) in [5.41, 5.74) is 3.32. The average Bonchev–Trinajstić information content (AvgIpc) is 3.89. The number of benzene rings is 3. The second-order valence-electron chi connectivity index (χ2n) is 14.3. The van der Waals surface area contributed by atoms with Crippen molar-refractivity contribution in [1.29, 1.82) is 0 Å². The number of piperidine rings is 2. The third-order valence-corrected chi connectivity index (χ3v) is 11.2. The molecule has 0 saturated carbocycles. The predicted octanol–water partition coefficient (Wildman–Crippen LogP) is 7.03. The Balaban J connectivity index is 1.01. The minimum atomic E-state index is -0.202. The Morgan fingerprint density at radius 1 is 0.870 bits per heavy atom. The number of ketones is 1. The Labute approximate surface area is 316 Å². The molecule has 0 bridgehead atoms. The number of carbonyl (C=O) groups excluding carboxylic acids is 2. The van der Waals surface area contributed by atoms with Crippen LogP contribution in [0.15, 0.2) is 89.5 Å². The lowest BCUT2D eigenvalue weighted by Gasteiger charge is -2.45. The number of amides is 1. The lowest BCUT2D eigenvalue weighted by Crippen LogP contribution is -2.50. The van der Waals surface area contributed by atoms with Gasteiger partial charge in [-0.1, -0.05) is 42.5 Å². The second-order valence-corrected chi connectivity index (χ2v) is 14.3. The Bertz CT molecular complexity index is 2000. The maximum atomic E-state index is 14.1. The van der Waals surface area contributed by atoms with Gasteiger partial charge in [-0.15, -0.1) is 0 Å². The standard InChI is InChI=1S/C43H50N4O7/c1-50-37-27-32(28-38(51-2)40(37)52-3)42(49)46-20-10-18-43(30-46,33-11-5-4-6-12-33)19-23-45-21-16-31(17-22-45)39(48)41-44-35-14-7-8-15-36(35)47(41)24-26-53-29-34-13-9-25-54-34/h4-9,11-15,25,27-28,31H,10,16-24,26,29-30H2,1-3H3. The number of aromatic nitrogens is 2. The highest BCUT2D eigenvalue weighted by Gasteiger charge is 2.40. The molecule has 2 saturated heterocycles. The Hall–Kier alpha value is -5.13. The molecule has 11 heteroatoms. The average molecular weight is 735 g/mol. The van der Waals surface area contributed by atoms with Crippen LogP contribution < -0.4 is 14.2 Å². The van der Waals surface area contributed by atoms with Crippen LogP contribution in [0.3, 0.4) is 0 Å². The molecule has 0 N–H and O–H groups in total. The zero-order valence-electron chi connectivity index (χ0n) is 31.5.